The Labute approximate surface area is 81.0 Å². The zero-order chi connectivity index (χ0) is 9.84. The molecule has 0 unspecified atom stereocenters. The molecule has 1 aromatic rings. The van der Waals surface area contributed by atoms with Gasteiger partial charge in [0.05, 0.1) is 6.10 Å². The molecule has 0 saturated heterocycles. The third-order valence-electron chi connectivity index (χ3n) is 1.24. The van der Waals surface area contributed by atoms with E-state index in [1.807, 2.05) is 0 Å². The lowest BCUT2D eigenvalue weighted by Crippen LogP contribution is -2.13. The summed E-state index contributed by atoms with van der Waals surface area (Å²) in [6, 6.07) is 0. The van der Waals surface area contributed by atoms with Crippen LogP contribution in [0.1, 0.15) is 24.3 Å². The van der Waals surface area contributed by atoms with Crippen molar-refractivity contribution < 1.29 is 9.53 Å². The Morgan fingerprint density at radius 3 is 2.92 bits per heavy atom. The number of rotatable bonds is 2. The van der Waals surface area contributed by atoms with Crippen LogP contribution in [0.5, 0.6) is 0 Å². The van der Waals surface area contributed by atoms with Gasteiger partial charge in [-0.1, -0.05) is 12.2 Å². The van der Waals surface area contributed by atoms with Crippen molar-refractivity contribution in [1.82, 2.24) is 9.97 Å². The molecule has 0 aliphatic heterocycles. The van der Waals surface area contributed by atoms with E-state index in [1.165, 1.54) is 6.20 Å². The number of carbonyl (C=O) groups is 1. The number of nitrogens with zero attached hydrogens (tertiary/aromatic N) is 1. The van der Waals surface area contributed by atoms with Crippen molar-refractivity contribution in [3.05, 3.63) is 22.7 Å². The van der Waals surface area contributed by atoms with E-state index >= 15 is 0 Å². The molecule has 0 radical (unpaired) electrons. The average molecular weight is 198 g/mol. The third kappa shape index (κ3) is 2.62. The maximum absolute atomic E-state index is 11.3. The van der Waals surface area contributed by atoms with Gasteiger partial charge in [0.2, 0.25) is 0 Å². The highest BCUT2D eigenvalue weighted by Gasteiger charge is 2.11. The van der Waals surface area contributed by atoms with Crippen LogP contribution in [0.2, 0.25) is 0 Å². The predicted molar refractivity (Wildman–Crippen MR) is 50.0 cm³/mol. The molecule has 5 heteroatoms. The van der Waals surface area contributed by atoms with Crippen LogP contribution in [0.25, 0.3) is 0 Å². The van der Waals surface area contributed by atoms with Crippen molar-refractivity contribution in [2.24, 2.45) is 0 Å². The van der Waals surface area contributed by atoms with Crippen molar-refractivity contribution in [3.8, 4) is 0 Å². The number of esters is 1. The molecule has 0 fully saturated rings. The first-order chi connectivity index (χ1) is 6.11. The standard InChI is InChI=1S/C8H10N2O2S/c1-5(2)12-8(11)6-7(13)10-4-3-9-6/h3-5H,1-2H3,(H,10,13). The SMILES string of the molecule is CC(C)OC(=O)c1ncc[nH]c1=S. The smallest absolute Gasteiger partial charge is 0.360 e. The summed E-state index contributed by atoms with van der Waals surface area (Å²) in [5.41, 5.74) is 0.159. The molecule has 1 N–H and O–H groups in total. The van der Waals surface area contributed by atoms with Gasteiger partial charge in [0.15, 0.2) is 5.69 Å². The molecular formula is C8H10N2O2S. The summed E-state index contributed by atoms with van der Waals surface area (Å²) < 4.78 is 5.23. The molecule has 1 rings (SSSR count). The normalized spacial score (nSPS) is 10.1. The van der Waals surface area contributed by atoms with Crippen molar-refractivity contribution in [2.45, 2.75) is 20.0 Å². The van der Waals surface area contributed by atoms with E-state index in [0.717, 1.165) is 0 Å². The van der Waals surface area contributed by atoms with E-state index in [2.05, 4.69) is 9.97 Å². The average Bonchev–Trinajstić information content (AvgIpc) is 2.03. The Kier molecular flexibility index (Phi) is 3.13. The van der Waals surface area contributed by atoms with Crippen LogP contribution in [0.4, 0.5) is 0 Å². The highest BCUT2D eigenvalue weighted by Crippen LogP contribution is 2.00. The van der Waals surface area contributed by atoms with E-state index in [-0.39, 0.29) is 11.8 Å². The lowest BCUT2D eigenvalue weighted by molar-refractivity contribution is 0.0369. The van der Waals surface area contributed by atoms with Crippen molar-refractivity contribution in [2.75, 3.05) is 0 Å². The van der Waals surface area contributed by atoms with Gasteiger partial charge in [-0.05, 0) is 13.8 Å². The number of ether oxygens (including phenoxy) is 1. The maximum atomic E-state index is 11.3. The topological polar surface area (TPSA) is 55.0 Å². The van der Waals surface area contributed by atoms with Crippen LogP contribution in [0, 0.1) is 4.64 Å². The molecule has 1 aromatic heterocycles. The van der Waals surface area contributed by atoms with Gasteiger partial charge in [-0.3, -0.25) is 0 Å². The van der Waals surface area contributed by atoms with Gasteiger partial charge in [0.25, 0.3) is 0 Å². The molecule has 0 aliphatic carbocycles. The van der Waals surface area contributed by atoms with Gasteiger partial charge in [-0.25, -0.2) is 9.78 Å². The fourth-order valence-electron chi connectivity index (χ4n) is 0.767. The largest absolute Gasteiger partial charge is 0.458 e. The summed E-state index contributed by atoms with van der Waals surface area (Å²) >= 11 is 4.86. The lowest BCUT2D eigenvalue weighted by Gasteiger charge is -2.06. The van der Waals surface area contributed by atoms with Crippen LogP contribution >= 0.6 is 12.2 Å². The predicted octanol–water partition coefficient (Wildman–Crippen LogP) is 1.70. The summed E-state index contributed by atoms with van der Waals surface area (Å²) in [6.45, 7) is 3.54. The summed E-state index contributed by atoms with van der Waals surface area (Å²) in [5, 5.41) is 0. The van der Waals surface area contributed by atoms with E-state index in [4.69, 9.17) is 17.0 Å². The van der Waals surface area contributed by atoms with Gasteiger partial charge in [0, 0.05) is 12.4 Å². The summed E-state index contributed by atoms with van der Waals surface area (Å²) in [7, 11) is 0. The Hall–Kier alpha value is -1.23. The van der Waals surface area contributed by atoms with E-state index < -0.39 is 5.97 Å². The summed E-state index contributed by atoms with van der Waals surface area (Å²) in [5.74, 6) is -0.489. The van der Waals surface area contributed by atoms with Crippen LogP contribution in [-0.4, -0.2) is 22.0 Å². The van der Waals surface area contributed by atoms with E-state index in [0.29, 0.717) is 4.64 Å². The zero-order valence-corrected chi connectivity index (χ0v) is 8.22. The fraction of sp³-hybridized carbons (Fsp3) is 0.375. The molecule has 0 aromatic carbocycles. The minimum absolute atomic E-state index is 0.159. The Morgan fingerprint density at radius 1 is 1.69 bits per heavy atom. The second-order valence-corrected chi connectivity index (χ2v) is 3.13. The highest BCUT2D eigenvalue weighted by atomic mass is 32.1. The minimum Gasteiger partial charge on any atom is -0.458 e. The molecule has 0 spiro atoms. The van der Waals surface area contributed by atoms with E-state index in [9.17, 15) is 4.79 Å². The van der Waals surface area contributed by atoms with Crippen molar-refractivity contribution in [3.63, 3.8) is 0 Å². The lowest BCUT2D eigenvalue weighted by atomic mass is 10.4. The Morgan fingerprint density at radius 2 is 2.38 bits per heavy atom. The van der Waals surface area contributed by atoms with Crippen molar-refractivity contribution in [1.29, 1.82) is 0 Å². The highest BCUT2D eigenvalue weighted by molar-refractivity contribution is 7.71. The van der Waals surface area contributed by atoms with Crippen molar-refractivity contribution >= 4 is 18.2 Å². The number of H-pyrrole nitrogens is 1. The quantitative estimate of drug-likeness (QED) is 0.580. The van der Waals surface area contributed by atoms with Gasteiger partial charge in [0.1, 0.15) is 4.64 Å². The number of nitrogens with one attached hydrogen (secondary N) is 1. The molecule has 70 valence electrons. The van der Waals surface area contributed by atoms with Gasteiger partial charge >= 0.3 is 5.97 Å². The Balaban J connectivity index is 2.90. The second kappa shape index (κ2) is 4.13. The molecule has 0 saturated carbocycles. The van der Waals surface area contributed by atoms with Gasteiger partial charge < -0.3 is 9.72 Å². The maximum Gasteiger partial charge on any atom is 0.360 e. The van der Waals surface area contributed by atoms with Gasteiger partial charge in [-0.2, -0.15) is 0 Å². The molecule has 0 amide bonds. The minimum atomic E-state index is -0.489. The molecule has 0 atom stereocenters. The van der Waals surface area contributed by atoms with Crippen LogP contribution in [0.15, 0.2) is 12.4 Å². The van der Waals surface area contributed by atoms with Crippen LogP contribution in [-0.2, 0) is 4.74 Å². The first-order valence-corrected chi connectivity index (χ1v) is 4.26. The van der Waals surface area contributed by atoms with Crippen LogP contribution < -0.4 is 0 Å². The number of hydrogen-bond donors (Lipinski definition) is 1. The number of aromatic nitrogens is 2. The first kappa shape index (κ1) is 9.85. The molecule has 0 bridgehead atoms. The summed E-state index contributed by atoms with van der Waals surface area (Å²) in [6.07, 6.45) is 2.87. The Bertz CT molecular complexity index is 359. The zero-order valence-electron chi connectivity index (χ0n) is 7.40. The third-order valence-corrected chi connectivity index (χ3v) is 1.55. The molecule has 13 heavy (non-hydrogen) atoms. The molecule has 0 aliphatic rings. The van der Waals surface area contributed by atoms with Gasteiger partial charge in [-0.15, -0.1) is 0 Å². The molecule has 1 heterocycles. The molecule has 4 nitrogen and oxygen atoms in total. The second-order valence-electron chi connectivity index (χ2n) is 2.72. The number of hydrogen-bond acceptors (Lipinski definition) is 4. The first-order valence-electron chi connectivity index (χ1n) is 3.86. The van der Waals surface area contributed by atoms with Crippen LogP contribution in [0.3, 0.4) is 0 Å². The number of carbonyl (C=O) groups excluding carboxylic acids is 1. The molecular weight excluding hydrogens is 188 g/mol. The number of aromatic amines is 1. The fourth-order valence-corrected chi connectivity index (χ4v) is 0.971. The summed E-state index contributed by atoms with van der Waals surface area (Å²) in [4.78, 5) is 17.8. The van der Waals surface area contributed by atoms with E-state index in [1.54, 1.807) is 20.0 Å². The monoisotopic (exact) mass is 198 g/mol.